The number of ether oxygens (including phenoxy) is 1. The monoisotopic (exact) mass is 135 g/mol. The van der Waals surface area contributed by atoms with Crippen LogP contribution in [0.25, 0.3) is 5.76 Å². The molecule has 1 rings (SSSR count). The van der Waals surface area contributed by atoms with Crippen LogP contribution in [0.4, 0.5) is 0 Å². The van der Waals surface area contributed by atoms with Gasteiger partial charge in [0.1, 0.15) is 5.76 Å². The van der Waals surface area contributed by atoms with Gasteiger partial charge in [0.2, 0.25) is 0 Å². The highest BCUT2D eigenvalue weighted by atomic mass is 16.5. The SMILES string of the molecule is C=C(OC)c1ccncc1. The van der Waals surface area contributed by atoms with E-state index in [9.17, 15) is 0 Å². The Morgan fingerprint density at radius 1 is 1.50 bits per heavy atom. The van der Waals surface area contributed by atoms with Crippen LogP contribution in [0.2, 0.25) is 0 Å². The summed E-state index contributed by atoms with van der Waals surface area (Å²) in [5.41, 5.74) is 0.970. The number of hydrogen-bond acceptors (Lipinski definition) is 2. The van der Waals surface area contributed by atoms with Gasteiger partial charge < -0.3 is 4.74 Å². The molecule has 0 aliphatic rings. The predicted octanol–water partition coefficient (Wildman–Crippen LogP) is 1.70. The summed E-state index contributed by atoms with van der Waals surface area (Å²) in [5.74, 6) is 0.669. The summed E-state index contributed by atoms with van der Waals surface area (Å²) in [5, 5.41) is 0. The topological polar surface area (TPSA) is 22.1 Å². The van der Waals surface area contributed by atoms with E-state index in [4.69, 9.17) is 4.74 Å². The molecule has 0 fully saturated rings. The lowest BCUT2D eigenvalue weighted by Gasteiger charge is -2.01. The van der Waals surface area contributed by atoms with Gasteiger partial charge in [-0.3, -0.25) is 4.98 Å². The Morgan fingerprint density at radius 2 is 2.10 bits per heavy atom. The molecule has 1 aromatic rings. The van der Waals surface area contributed by atoms with Gasteiger partial charge in [-0.1, -0.05) is 6.58 Å². The summed E-state index contributed by atoms with van der Waals surface area (Å²) >= 11 is 0. The Balaban J connectivity index is 2.85. The predicted molar refractivity (Wildman–Crippen MR) is 40.3 cm³/mol. The van der Waals surface area contributed by atoms with Crippen LogP contribution in [0.15, 0.2) is 31.1 Å². The smallest absolute Gasteiger partial charge is 0.119 e. The zero-order valence-electron chi connectivity index (χ0n) is 5.87. The van der Waals surface area contributed by atoms with Gasteiger partial charge in [0, 0.05) is 18.0 Å². The summed E-state index contributed by atoms with van der Waals surface area (Å²) in [6.45, 7) is 3.69. The first-order valence-corrected chi connectivity index (χ1v) is 2.98. The Morgan fingerprint density at radius 3 is 2.60 bits per heavy atom. The maximum atomic E-state index is 4.91. The lowest BCUT2D eigenvalue weighted by molar-refractivity contribution is 0.371. The van der Waals surface area contributed by atoms with Crippen molar-refractivity contribution in [3.05, 3.63) is 36.7 Å². The van der Waals surface area contributed by atoms with E-state index in [1.807, 2.05) is 12.1 Å². The zero-order chi connectivity index (χ0) is 7.40. The second kappa shape index (κ2) is 3.01. The van der Waals surface area contributed by atoms with E-state index in [2.05, 4.69) is 11.6 Å². The van der Waals surface area contributed by atoms with Gasteiger partial charge in [-0.15, -0.1) is 0 Å². The van der Waals surface area contributed by atoms with Crippen molar-refractivity contribution in [1.82, 2.24) is 4.98 Å². The van der Waals surface area contributed by atoms with Gasteiger partial charge in [0.05, 0.1) is 7.11 Å². The Hall–Kier alpha value is -1.31. The number of aromatic nitrogens is 1. The Labute approximate surface area is 60.2 Å². The van der Waals surface area contributed by atoms with Crippen molar-refractivity contribution in [3.63, 3.8) is 0 Å². The first kappa shape index (κ1) is 6.81. The van der Waals surface area contributed by atoms with Gasteiger partial charge >= 0.3 is 0 Å². The van der Waals surface area contributed by atoms with Crippen LogP contribution in [0.5, 0.6) is 0 Å². The minimum atomic E-state index is 0.669. The number of nitrogens with zero attached hydrogens (tertiary/aromatic N) is 1. The van der Waals surface area contributed by atoms with Crippen LogP contribution in [0, 0.1) is 0 Å². The quantitative estimate of drug-likeness (QED) is 0.576. The minimum Gasteiger partial charge on any atom is -0.497 e. The van der Waals surface area contributed by atoms with E-state index in [-0.39, 0.29) is 0 Å². The molecule has 0 spiro atoms. The first-order valence-electron chi connectivity index (χ1n) is 2.98. The van der Waals surface area contributed by atoms with Gasteiger partial charge in [-0.2, -0.15) is 0 Å². The van der Waals surface area contributed by atoms with Crippen molar-refractivity contribution in [3.8, 4) is 0 Å². The van der Waals surface area contributed by atoms with Gasteiger partial charge in [0.25, 0.3) is 0 Å². The maximum absolute atomic E-state index is 4.91. The van der Waals surface area contributed by atoms with Crippen LogP contribution in [-0.4, -0.2) is 12.1 Å². The molecule has 0 saturated heterocycles. The van der Waals surface area contributed by atoms with Gasteiger partial charge in [0.15, 0.2) is 0 Å². The molecule has 0 saturated carbocycles. The largest absolute Gasteiger partial charge is 0.497 e. The second-order valence-electron chi connectivity index (χ2n) is 1.86. The van der Waals surface area contributed by atoms with Crippen LogP contribution < -0.4 is 0 Å². The fourth-order valence-corrected chi connectivity index (χ4v) is 0.656. The highest BCUT2D eigenvalue weighted by Gasteiger charge is 1.93. The molecule has 0 amide bonds. The molecule has 0 aliphatic carbocycles. The molecule has 0 atom stereocenters. The highest BCUT2D eigenvalue weighted by molar-refractivity contribution is 5.56. The van der Waals surface area contributed by atoms with Crippen LogP contribution >= 0.6 is 0 Å². The maximum Gasteiger partial charge on any atom is 0.119 e. The van der Waals surface area contributed by atoms with Gasteiger partial charge in [-0.05, 0) is 12.1 Å². The molecule has 0 bridgehead atoms. The van der Waals surface area contributed by atoms with E-state index < -0.39 is 0 Å². The number of pyridine rings is 1. The van der Waals surface area contributed by atoms with E-state index in [0.29, 0.717) is 5.76 Å². The second-order valence-corrected chi connectivity index (χ2v) is 1.86. The molecule has 0 aromatic carbocycles. The molecule has 1 heterocycles. The van der Waals surface area contributed by atoms with Gasteiger partial charge in [-0.25, -0.2) is 0 Å². The van der Waals surface area contributed by atoms with E-state index in [0.717, 1.165) is 5.56 Å². The van der Waals surface area contributed by atoms with E-state index in [1.165, 1.54) is 0 Å². The number of methoxy groups -OCH3 is 1. The van der Waals surface area contributed by atoms with Crippen molar-refractivity contribution in [1.29, 1.82) is 0 Å². The number of rotatable bonds is 2. The van der Waals surface area contributed by atoms with E-state index >= 15 is 0 Å². The summed E-state index contributed by atoms with van der Waals surface area (Å²) in [7, 11) is 1.60. The highest BCUT2D eigenvalue weighted by Crippen LogP contribution is 2.09. The van der Waals surface area contributed by atoms with Crippen LogP contribution in [-0.2, 0) is 4.74 Å². The Kier molecular flexibility index (Phi) is 2.05. The van der Waals surface area contributed by atoms with Crippen LogP contribution in [0.1, 0.15) is 5.56 Å². The van der Waals surface area contributed by atoms with Crippen molar-refractivity contribution in [2.45, 2.75) is 0 Å². The third kappa shape index (κ3) is 1.35. The van der Waals surface area contributed by atoms with Crippen molar-refractivity contribution < 1.29 is 4.74 Å². The molecule has 0 N–H and O–H groups in total. The first-order chi connectivity index (χ1) is 4.84. The van der Waals surface area contributed by atoms with Crippen molar-refractivity contribution in [2.75, 3.05) is 7.11 Å². The molecule has 2 heteroatoms. The van der Waals surface area contributed by atoms with Crippen LogP contribution in [0.3, 0.4) is 0 Å². The summed E-state index contributed by atoms with van der Waals surface area (Å²) in [6, 6.07) is 3.71. The fraction of sp³-hybridized carbons (Fsp3) is 0.125. The fourth-order valence-electron chi connectivity index (χ4n) is 0.656. The van der Waals surface area contributed by atoms with Crippen molar-refractivity contribution in [2.24, 2.45) is 0 Å². The minimum absolute atomic E-state index is 0.669. The van der Waals surface area contributed by atoms with Crippen molar-refractivity contribution >= 4 is 5.76 Å². The normalized spacial score (nSPS) is 8.90. The average molecular weight is 135 g/mol. The lowest BCUT2D eigenvalue weighted by atomic mass is 10.2. The lowest BCUT2D eigenvalue weighted by Crippen LogP contribution is -1.84. The zero-order valence-corrected chi connectivity index (χ0v) is 5.87. The number of hydrogen-bond donors (Lipinski definition) is 0. The third-order valence-electron chi connectivity index (χ3n) is 1.25. The summed E-state index contributed by atoms with van der Waals surface area (Å²) in [6.07, 6.45) is 3.42. The third-order valence-corrected chi connectivity index (χ3v) is 1.25. The van der Waals surface area contributed by atoms with E-state index in [1.54, 1.807) is 19.5 Å². The molecular formula is C8H9NO. The molecule has 52 valence electrons. The molecule has 2 nitrogen and oxygen atoms in total. The molecule has 1 aromatic heterocycles. The molecule has 10 heavy (non-hydrogen) atoms. The molecule has 0 radical (unpaired) electrons. The molecule has 0 unspecified atom stereocenters. The Bertz CT molecular complexity index is 218. The summed E-state index contributed by atoms with van der Waals surface area (Å²) in [4.78, 5) is 3.87. The summed E-state index contributed by atoms with van der Waals surface area (Å²) < 4.78 is 4.91. The average Bonchev–Trinajstić information content (AvgIpc) is 2.05. The standard InChI is InChI=1S/C8H9NO/c1-7(10-2)8-3-5-9-6-4-8/h3-6H,1H2,2H3. The molecular weight excluding hydrogens is 126 g/mol. The molecule has 0 aliphatic heterocycles.